The summed E-state index contributed by atoms with van der Waals surface area (Å²) in [6.45, 7) is 0. The number of carbonyl (C=O) groups is 3. The number of carbonyl (C=O) groups excluding carboxylic acids is 2. The van der Waals surface area contributed by atoms with E-state index in [0.717, 1.165) is 16.5 Å². The van der Waals surface area contributed by atoms with Crippen LogP contribution < -0.4 is 5.32 Å². The first-order valence-corrected chi connectivity index (χ1v) is 8.05. The summed E-state index contributed by atoms with van der Waals surface area (Å²) in [4.78, 5) is 37.7. The number of aliphatic carboxylic acids is 1. The number of amides is 1. The highest BCUT2D eigenvalue weighted by Crippen LogP contribution is 2.27. The predicted molar refractivity (Wildman–Crippen MR) is 84.6 cm³/mol. The third-order valence-corrected chi connectivity index (χ3v) is 4.37. The van der Waals surface area contributed by atoms with Gasteiger partial charge in [0.2, 0.25) is 5.91 Å². The maximum absolute atomic E-state index is 11.7. The van der Waals surface area contributed by atoms with Crippen LogP contribution >= 0.6 is 23.1 Å². The highest BCUT2D eigenvalue weighted by molar-refractivity contribution is 8.00. The fourth-order valence-corrected chi connectivity index (χ4v) is 3.06. The van der Waals surface area contributed by atoms with Crippen LogP contribution in [-0.4, -0.2) is 46.6 Å². The Balaban J connectivity index is 2.04. The van der Waals surface area contributed by atoms with E-state index in [-0.39, 0.29) is 17.4 Å². The van der Waals surface area contributed by atoms with Crippen molar-refractivity contribution >= 4 is 56.3 Å². The average molecular weight is 340 g/mol. The molecule has 0 aliphatic rings. The fraction of sp³-hybridized carbons (Fsp3) is 0.231. The molecule has 0 bridgehead atoms. The summed E-state index contributed by atoms with van der Waals surface area (Å²) >= 11 is 2.24. The zero-order valence-electron chi connectivity index (χ0n) is 11.5. The van der Waals surface area contributed by atoms with Gasteiger partial charge < -0.3 is 15.2 Å². The van der Waals surface area contributed by atoms with E-state index < -0.39 is 11.9 Å². The van der Waals surface area contributed by atoms with Gasteiger partial charge in [-0.25, -0.2) is 9.78 Å². The number of rotatable bonds is 6. The van der Waals surface area contributed by atoms with Crippen molar-refractivity contribution in [1.29, 1.82) is 0 Å². The summed E-state index contributed by atoms with van der Waals surface area (Å²) in [7, 11) is 1.31. The molecule has 2 rings (SSSR count). The Morgan fingerprint density at radius 1 is 1.36 bits per heavy atom. The van der Waals surface area contributed by atoms with Crippen LogP contribution in [0.25, 0.3) is 10.2 Å². The van der Waals surface area contributed by atoms with Gasteiger partial charge in [-0.1, -0.05) is 11.3 Å². The molecular weight excluding hydrogens is 328 g/mol. The number of aromatic nitrogens is 1. The average Bonchev–Trinajstić information content (AvgIpc) is 2.86. The maximum Gasteiger partial charge on any atom is 0.337 e. The topological polar surface area (TPSA) is 106 Å². The number of nitrogens with one attached hydrogen (secondary N) is 1. The molecule has 0 aliphatic heterocycles. The van der Waals surface area contributed by atoms with Gasteiger partial charge in [0.25, 0.3) is 0 Å². The van der Waals surface area contributed by atoms with Crippen LogP contribution in [0.15, 0.2) is 18.2 Å². The molecule has 7 nitrogen and oxygen atoms in total. The molecule has 9 heteroatoms. The number of fused-ring (bicyclic) bond motifs is 1. The molecule has 2 N–H and O–H groups in total. The number of hydrogen-bond donors (Lipinski definition) is 2. The quantitative estimate of drug-likeness (QED) is 0.773. The Bertz CT molecular complexity index is 728. The largest absolute Gasteiger partial charge is 0.481 e. The zero-order valence-corrected chi connectivity index (χ0v) is 13.1. The van der Waals surface area contributed by atoms with E-state index in [9.17, 15) is 14.4 Å². The van der Waals surface area contributed by atoms with Crippen LogP contribution in [0.3, 0.4) is 0 Å². The molecule has 22 heavy (non-hydrogen) atoms. The first-order chi connectivity index (χ1) is 10.5. The number of carboxylic acid groups (broad SMARTS) is 1. The van der Waals surface area contributed by atoms with E-state index in [1.807, 2.05) is 0 Å². The summed E-state index contributed by atoms with van der Waals surface area (Å²) in [6.07, 6.45) is 0. The second kappa shape index (κ2) is 7.23. The molecule has 0 radical (unpaired) electrons. The van der Waals surface area contributed by atoms with Gasteiger partial charge in [-0.3, -0.25) is 9.59 Å². The highest BCUT2D eigenvalue weighted by atomic mass is 32.2. The first-order valence-electron chi connectivity index (χ1n) is 6.08. The number of benzene rings is 1. The smallest absolute Gasteiger partial charge is 0.337 e. The third kappa shape index (κ3) is 4.18. The van der Waals surface area contributed by atoms with Crippen molar-refractivity contribution in [2.24, 2.45) is 0 Å². The van der Waals surface area contributed by atoms with Crippen LogP contribution in [0.2, 0.25) is 0 Å². The molecule has 0 unspecified atom stereocenters. The molecule has 116 valence electrons. The van der Waals surface area contributed by atoms with Crippen molar-refractivity contribution in [3.05, 3.63) is 23.8 Å². The number of methoxy groups -OCH3 is 1. The van der Waals surface area contributed by atoms with Crippen molar-refractivity contribution in [1.82, 2.24) is 4.98 Å². The number of ether oxygens (including phenoxy) is 1. The van der Waals surface area contributed by atoms with Gasteiger partial charge in [0, 0.05) is 0 Å². The molecular formula is C13H12N2O5S2. The fourth-order valence-electron chi connectivity index (χ4n) is 1.61. The molecule has 1 aromatic carbocycles. The van der Waals surface area contributed by atoms with Crippen molar-refractivity contribution in [3.63, 3.8) is 0 Å². The second-order valence-electron chi connectivity index (χ2n) is 4.13. The van der Waals surface area contributed by atoms with Crippen LogP contribution in [0.5, 0.6) is 0 Å². The molecule has 0 spiro atoms. The van der Waals surface area contributed by atoms with Gasteiger partial charge in [-0.05, 0) is 18.2 Å². The summed E-state index contributed by atoms with van der Waals surface area (Å²) in [5.41, 5.74) is 1.07. The lowest BCUT2D eigenvalue weighted by molar-refractivity contribution is -0.133. The van der Waals surface area contributed by atoms with E-state index >= 15 is 0 Å². The van der Waals surface area contributed by atoms with E-state index in [4.69, 9.17) is 5.11 Å². The summed E-state index contributed by atoms with van der Waals surface area (Å²) in [6, 6.07) is 4.92. The van der Waals surface area contributed by atoms with Gasteiger partial charge in [0.1, 0.15) is 0 Å². The monoisotopic (exact) mass is 340 g/mol. The van der Waals surface area contributed by atoms with Crippen molar-refractivity contribution in [3.8, 4) is 0 Å². The Kier molecular flexibility index (Phi) is 5.34. The molecule has 0 atom stereocenters. The molecule has 0 fully saturated rings. The number of carboxylic acids is 1. The van der Waals surface area contributed by atoms with Gasteiger partial charge >= 0.3 is 11.9 Å². The number of hydrogen-bond acceptors (Lipinski definition) is 7. The molecule has 1 aromatic heterocycles. The lowest BCUT2D eigenvalue weighted by Crippen LogP contribution is -2.15. The molecule has 0 saturated heterocycles. The number of esters is 1. The van der Waals surface area contributed by atoms with Crippen LogP contribution in [0.4, 0.5) is 5.13 Å². The SMILES string of the molecule is COC(=O)c1ccc2nc(NC(=O)CSCC(=O)O)sc2c1. The molecule has 1 amide bonds. The molecule has 1 heterocycles. The highest BCUT2D eigenvalue weighted by Gasteiger charge is 2.11. The number of anilines is 1. The van der Waals surface area contributed by atoms with Gasteiger partial charge in [-0.15, -0.1) is 11.8 Å². The maximum atomic E-state index is 11.7. The lowest BCUT2D eigenvalue weighted by atomic mass is 10.2. The van der Waals surface area contributed by atoms with Crippen LogP contribution in [0.1, 0.15) is 10.4 Å². The zero-order chi connectivity index (χ0) is 16.1. The van der Waals surface area contributed by atoms with Gasteiger partial charge in [0.15, 0.2) is 5.13 Å². The van der Waals surface area contributed by atoms with E-state index in [1.165, 1.54) is 18.4 Å². The van der Waals surface area contributed by atoms with Crippen molar-refractivity contribution in [2.75, 3.05) is 23.9 Å². The van der Waals surface area contributed by atoms with Gasteiger partial charge in [-0.2, -0.15) is 0 Å². The Hall–Kier alpha value is -2.13. The van der Waals surface area contributed by atoms with Gasteiger partial charge in [0.05, 0.1) is 34.4 Å². The molecule has 0 aliphatic carbocycles. The number of nitrogens with zero attached hydrogens (tertiary/aromatic N) is 1. The molecule has 2 aromatic rings. The minimum absolute atomic E-state index is 0.0373. The Morgan fingerprint density at radius 2 is 2.14 bits per heavy atom. The number of thioether (sulfide) groups is 1. The minimum Gasteiger partial charge on any atom is -0.481 e. The van der Waals surface area contributed by atoms with Crippen molar-refractivity contribution < 1.29 is 24.2 Å². The second-order valence-corrected chi connectivity index (χ2v) is 6.14. The number of thiazole rings is 1. The summed E-state index contributed by atoms with van der Waals surface area (Å²) < 4.78 is 5.39. The minimum atomic E-state index is -0.965. The summed E-state index contributed by atoms with van der Waals surface area (Å²) in [5, 5.41) is 11.5. The lowest BCUT2D eigenvalue weighted by Gasteiger charge is -1.99. The standard InChI is InChI=1S/C13H12N2O5S2/c1-20-12(19)7-2-3-8-9(4-7)22-13(14-8)15-10(16)5-21-6-11(17)18/h2-4H,5-6H2,1H3,(H,17,18)(H,14,15,16). The van der Waals surface area contributed by atoms with E-state index in [1.54, 1.807) is 18.2 Å². The predicted octanol–water partition coefficient (Wildman–Crippen LogP) is 1.84. The third-order valence-electron chi connectivity index (χ3n) is 2.51. The normalized spacial score (nSPS) is 10.4. The van der Waals surface area contributed by atoms with Crippen LogP contribution in [0, 0.1) is 0 Å². The Morgan fingerprint density at radius 3 is 2.82 bits per heavy atom. The van der Waals surface area contributed by atoms with Crippen molar-refractivity contribution in [2.45, 2.75) is 0 Å². The van der Waals surface area contributed by atoms with Crippen LogP contribution in [-0.2, 0) is 14.3 Å². The first kappa shape index (κ1) is 16.2. The molecule has 0 saturated carbocycles. The summed E-state index contributed by atoms with van der Waals surface area (Å²) in [5.74, 6) is -1.82. The van der Waals surface area contributed by atoms with E-state index in [2.05, 4.69) is 15.0 Å². The Labute approximate surface area is 133 Å². The van der Waals surface area contributed by atoms with E-state index in [0.29, 0.717) is 16.2 Å².